The van der Waals surface area contributed by atoms with Crippen molar-refractivity contribution in [2.75, 3.05) is 25.5 Å². The molecule has 5 nitrogen and oxygen atoms in total. The van der Waals surface area contributed by atoms with Crippen LogP contribution >= 0.6 is 11.6 Å². The minimum atomic E-state index is -0.892. The average molecular weight is 301 g/mol. The van der Waals surface area contributed by atoms with Gasteiger partial charge in [0.2, 0.25) is 0 Å². The van der Waals surface area contributed by atoms with Gasteiger partial charge in [-0.15, -0.1) is 0 Å². The molecular weight excluding hydrogens is 287 g/mol. The lowest BCUT2D eigenvalue weighted by molar-refractivity contribution is 0.0596. The van der Waals surface area contributed by atoms with E-state index in [0.29, 0.717) is 13.1 Å². The van der Waals surface area contributed by atoms with E-state index < -0.39 is 11.8 Å². The monoisotopic (exact) mass is 300 g/mol. The summed E-state index contributed by atoms with van der Waals surface area (Å²) in [6.07, 6.45) is 1.87. The molecule has 0 radical (unpaired) electrons. The molecule has 1 aromatic carbocycles. The Morgan fingerprint density at radius 3 is 2.60 bits per heavy atom. The number of carbonyl (C=O) groups is 2. The Kier molecular flexibility index (Phi) is 4.44. The van der Waals surface area contributed by atoms with Crippen LogP contribution in [0.4, 0.5) is 14.9 Å². The number of likely N-dealkylation sites (tertiary alicyclic amines) is 1. The summed E-state index contributed by atoms with van der Waals surface area (Å²) in [4.78, 5) is 25.0. The molecule has 0 atom stereocenters. The van der Waals surface area contributed by atoms with E-state index in [4.69, 9.17) is 11.6 Å². The maximum atomic E-state index is 14.2. The number of anilines is 1. The highest BCUT2D eigenvalue weighted by atomic mass is 35.5. The third-order valence-electron chi connectivity index (χ3n) is 3.12. The first-order valence-electron chi connectivity index (χ1n) is 6.17. The van der Waals surface area contributed by atoms with E-state index in [-0.39, 0.29) is 22.3 Å². The number of hydrogen-bond acceptors (Lipinski definition) is 3. The molecule has 1 N–H and O–H groups in total. The van der Waals surface area contributed by atoms with E-state index in [0.717, 1.165) is 20.0 Å². The zero-order valence-corrected chi connectivity index (χ0v) is 11.7. The van der Waals surface area contributed by atoms with Gasteiger partial charge in [0.25, 0.3) is 0 Å². The predicted molar refractivity (Wildman–Crippen MR) is 72.6 cm³/mol. The number of carbonyl (C=O) groups excluding carboxylic acids is 2. The van der Waals surface area contributed by atoms with Crippen molar-refractivity contribution >= 4 is 29.3 Å². The van der Waals surface area contributed by atoms with Crippen molar-refractivity contribution in [2.45, 2.75) is 12.8 Å². The van der Waals surface area contributed by atoms with Gasteiger partial charge in [-0.05, 0) is 25.0 Å². The molecule has 0 spiro atoms. The summed E-state index contributed by atoms with van der Waals surface area (Å²) in [5.74, 6) is -1.78. The highest BCUT2D eigenvalue weighted by molar-refractivity contribution is 6.33. The number of nitrogens with one attached hydrogen (secondary N) is 1. The molecule has 7 heteroatoms. The molecule has 1 aliphatic rings. The summed E-state index contributed by atoms with van der Waals surface area (Å²) in [6.45, 7) is 1.29. The summed E-state index contributed by atoms with van der Waals surface area (Å²) >= 11 is 5.77. The molecule has 1 saturated heterocycles. The van der Waals surface area contributed by atoms with Gasteiger partial charge < -0.3 is 15.0 Å². The van der Waals surface area contributed by atoms with Crippen LogP contribution in [0, 0.1) is 5.82 Å². The smallest absolute Gasteiger partial charge is 0.342 e. The maximum Gasteiger partial charge on any atom is 0.342 e. The van der Waals surface area contributed by atoms with Gasteiger partial charge in [0.15, 0.2) is 5.82 Å². The second-order valence-electron chi connectivity index (χ2n) is 4.40. The molecule has 0 bridgehead atoms. The lowest BCUT2D eigenvalue weighted by atomic mass is 10.2. The van der Waals surface area contributed by atoms with Crippen molar-refractivity contribution in [3.8, 4) is 0 Å². The molecule has 0 aromatic heterocycles. The van der Waals surface area contributed by atoms with E-state index >= 15 is 0 Å². The third kappa shape index (κ3) is 2.85. The van der Waals surface area contributed by atoms with Crippen LogP contribution < -0.4 is 5.32 Å². The molecule has 108 valence electrons. The second kappa shape index (κ2) is 6.09. The molecule has 1 aliphatic heterocycles. The Morgan fingerprint density at radius 1 is 1.35 bits per heavy atom. The first-order chi connectivity index (χ1) is 9.54. The summed E-state index contributed by atoms with van der Waals surface area (Å²) in [7, 11) is 1.13. The van der Waals surface area contributed by atoms with E-state index in [1.807, 2.05) is 0 Å². The molecule has 1 heterocycles. The summed E-state index contributed by atoms with van der Waals surface area (Å²) in [5, 5.41) is 2.38. The fourth-order valence-corrected chi connectivity index (χ4v) is 2.28. The van der Waals surface area contributed by atoms with E-state index in [1.165, 1.54) is 12.1 Å². The SMILES string of the molecule is COC(=O)c1c(Cl)ccc(NC(=O)N2CCCC2)c1F. The molecule has 0 saturated carbocycles. The number of methoxy groups -OCH3 is 1. The number of rotatable bonds is 2. The van der Waals surface area contributed by atoms with Crippen LogP contribution in [0.25, 0.3) is 0 Å². The third-order valence-corrected chi connectivity index (χ3v) is 3.43. The number of halogens is 2. The van der Waals surface area contributed by atoms with Crippen LogP contribution in [-0.2, 0) is 4.74 Å². The van der Waals surface area contributed by atoms with Gasteiger partial charge in [0.05, 0.1) is 17.8 Å². The standard InChI is InChI=1S/C13H14ClFN2O3/c1-20-12(18)10-8(14)4-5-9(11(10)15)16-13(19)17-6-2-3-7-17/h4-5H,2-3,6-7H2,1H3,(H,16,19). The number of hydrogen-bond donors (Lipinski definition) is 1. The highest BCUT2D eigenvalue weighted by Gasteiger charge is 2.23. The highest BCUT2D eigenvalue weighted by Crippen LogP contribution is 2.26. The minimum Gasteiger partial charge on any atom is -0.465 e. The lowest BCUT2D eigenvalue weighted by Crippen LogP contribution is -2.32. The van der Waals surface area contributed by atoms with Crippen molar-refractivity contribution in [1.29, 1.82) is 0 Å². The molecule has 0 aliphatic carbocycles. The molecule has 2 rings (SSSR count). The fraction of sp³-hybridized carbons (Fsp3) is 0.385. The van der Waals surface area contributed by atoms with Gasteiger partial charge in [-0.2, -0.15) is 0 Å². The van der Waals surface area contributed by atoms with E-state index in [1.54, 1.807) is 4.90 Å². The van der Waals surface area contributed by atoms with Crippen LogP contribution in [0.15, 0.2) is 12.1 Å². The molecular formula is C13H14ClFN2O3. The van der Waals surface area contributed by atoms with Crippen LogP contribution in [0.3, 0.4) is 0 Å². The van der Waals surface area contributed by atoms with Crippen LogP contribution in [-0.4, -0.2) is 37.1 Å². The quantitative estimate of drug-likeness (QED) is 0.854. The molecule has 1 fully saturated rings. The van der Waals surface area contributed by atoms with Crippen LogP contribution in [0.5, 0.6) is 0 Å². The van der Waals surface area contributed by atoms with Crippen molar-refractivity contribution in [3.63, 3.8) is 0 Å². The Labute approximate surface area is 120 Å². The normalized spacial score (nSPS) is 14.2. The number of esters is 1. The first-order valence-corrected chi connectivity index (χ1v) is 6.54. The second-order valence-corrected chi connectivity index (χ2v) is 4.81. The largest absolute Gasteiger partial charge is 0.465 e. The molecule has 0 unspecified atom stereocenters. The van der Waals surface area contributed by atoms with Gasteiger partial charge in [-0.1, -0.05) is 11.6 Å². The van der Waals surface area contributed by atoms with Gasteiger partial charge in [-0.25, -0.2) is 14.0 Å². The Balaban J connectivity index is 2.24. The Bertz CT molecular complexity index is 545. The van der Waals surface area contributed by atoms with Gasteiger partial charge in [0.1, 0.15) is 5.56 Å². The molecule has 20 heavy (non-hydrogen) atoms. The number of benzene rings is 1. The van der Waals surface area contributed by atoms with E-state index in [9.17, 15) is 14.0 Å². The van der Waals surface area contributed by atoms with Crippen molar-refractivity contribution in [2.24, 2.45) is 0 Å². The summed E-state index contributed by atoms with van der Waals surface area (Å²) < 4.78 is 18.7. The van der Waals surface area contributed by atoms with Crippen molar-refractivity contribution in [3.05, 3.63) is 28.5 Å². The van der Waals surface area contributed by atoms with Crippen molar-refractivity contribution < 1.29 is 18.7 Å². The molecule has 2 amide bonds. The molecule has 1 aromatic rings. The van der Waals surface area contributed by atoms with Gasteiger partial charge >= 0.3 is 12.0 Å². The average Bonchev–Trinajstić information content (AvgIpc) is 2.96. The summed E-state index contributed by atoms with van der Waals surface area (Å²) in [5.41, 5.74) is -0.472. The lowest BCUT2D eigenvalue weighted by Gasteiger charge is -2.17. The van der Waals surface area contributed by atoms with Crippen LogP contribution in [0.1, 0.15) is 23.2 Å². The Morgan fingerprint density at radius 2 is 2.00 bits per heavy atom. The number of nitrogens with zero attached hydrogens (tertiary/aromatic N) is 1. The number of ether oxygens (including phenoxy) is 1. The topological polar surface area (TPSA) is 58.6 Å². The predicted octanol–water partition coefficient (Wildman–Crippen LogP) is 2.89. The number of amides is 2. The van der Waals surface area contributed by atoms with Crippen molar-refractivity contribution in [1.82, 2.24) is 4.90 Å². The fourth-order valence-electron chi connectivity index (χ4n) is 2.05. The first kappa shape index (κ1) is 14.6. The zero-order chi connectivity index (χ0) is 14.7. The minimum absolute atomic E-state index is 0.0616. The maximum absolute atomic E-state index is 14.2. The zero-order valence-electron chi connectivity index (χ0n) is 10.9. The van der Waals surface area contributed by atoms with Crippen LogP contribution in [0.2, 0.25) is 5.02 Å². The summed E-state index contributed by atoms with van der Waals surface area (Å²) in [6, 6.07) is 2.27. The van der Waals surface area contributed by atoms with Gasteiger partial charge in [0, 0.05) is 13.1 Å². The Hall–Kier alpha value is -1.82. The van der Waals surface area contributed by atoms with Gasteiger partial charge in [-0.3, -0.25) is 0 Å². The van der Waals surface area contributed by atoms with E-state index in [2.05, 4.69) is 10.1 Å². The number of urea groups is 1.